The van der Waals surface area contributed by atoms with Gasteiger partial charge in [-0.15, -0.1) is 0 Å². The Morgan fingerprint density at radius 1 is 0.378 bits per heavy atom. The first-order valence-corrected chi connectivity index (χ1v) is 32.0. The number of phosphoric ester groups is 1. The molecule has 0 fully saturated rings. The number of hydrogen-bond acceptors (Lipinski definition) is 10. The van der Waals surface area contributed by atoms with Crippen LogP contribution < -0.4 is 0 Å². The van der Waals surface area contributed by atoms with Crippen LogP contribution in [0.15, 0.2) is 48.6 Å². The standard InChI is InChI=1S/C62H113O11P/c1-4-7-10-13-16-19-21-23-25-27-29-31-33-35-37-40-42-45-48-51-60(64)69-55-59(57-71-74(67,68)70-56-58(54-63)72-61(65)52-49-46-43-39-18-15-12-9-6-3)73-62(66)53-50-47-44-41-38-36-34-32-30-28-26-24-22-20-17-14-11-8-5-2/h17,20,23-26,30,32,58-59,63H,4-16,18-19,21-22,27-29,31,33-57H2,1-3H3,(H,67,68)/b20-17-,25-23-,26-24-,32-30-. The third kappa shape index (κ3) is 54.2. The SMILES string of the molecule is CCCCC/C=C\C/C=C\C/C=C\CCCCCCCCC(=O)OC(COC(=O)CCCCCCCCCCC/C=C\CCCCCCCC)COP(=O)(O)OCC(CO)OC(=O)CCCCCCCCCCC. The lowest BCUT2D eigenvalue weighted by atomic mass is 10.1. The lowest BCUT2D eigenvalue weighted by Crippen LogP contribution is -2.30. The van der Waals surface area contributed by atoms with Crippen LogP contribution in [-0.2, 0) is 42.2 Å². The van der Waals surface area contributed by atoms with E-state index in [4.69, 9.17) is 23.3 Å². The van der Waals surface area contributed by atoms with Crippen LogP contribution in [0.1, 0.15) is 290 Å². The number of aliphatic hydroxyl groups excluding tert-OH is 1. The number of unbranched alkanes of at least 4 members (excludes halogenated alkanes) is 32. The van der Waals surface area contributed by atoms with Crippen molar-refractivity contribution in [2.45, 2.75) is 303 Å². The van der Waals surface area contributed by atoms with Gasteiger partial charge in [-0.2, -0.15) is 0 Å². The van der Waals surface area contributed by atoms with E-state index in [2.05, 4.69) is 69.4 Å². The van der Waals surface area contributed by atoms with Crippen molar-refractivity contribution in [1.82, 2.24) is 0 Å². The van der Waals surface area contributed by atoms with Crippen LogP contribution in [0.25, 0.3) is 0 Å². The number of allylic oxidation sites excluding steroid dienone is 8. The van der Waals surface area contributed by atoms with Crippen LogP contribution >= 0.6 is 7.82 Å². The third-order valence-corrected chi connectivity index (χ3v) is 14.2. The molecular weight excluding hydrogens is 952 g/mol. The molecule has 0 spiro atoms. The number of carbonyl (C=O) groups is 3. The fourth-order valence-corrected chi connectivity index (χ4v) is 9.32. The van der Waals surface area contributed by atoms with Crippen LogP contribution in [0.2, 0.25) is 0 Å². The van der Waals surface area contributed by atoms with Gasteiger partial charge in [0, 0.05) is 19.3 Å². The minimum atomic E-state index is -4.75. The topological polar surface area (TPSA) is 155 Å². The second-order valence-corrected chi connectivity index (χ2v) is 22.0. The summed E-state index contributed by atoms with van der Waals surface area (Å²) >= 11 is 0. The molecule has 0 saturated heterocycles. The average molecular weight is 1070 g/mol. The Balaban J connectivity index is 4.70. The molecule has 2 N–H and O–H groups in total. The Morgan fingerprint density at radius 3 is 1.05 bits per heavy atom. The van der Waals surface area contributed by atoms with E-state index >= 15 is 0 Å². The van der Waals surface area contributed by atoms with Crippen molar-refractivity contribution >= 4 is 25.7 Å². The van der Waals surface area contributed by atoms with E-state index < -0.39 is 57.8 Å². The van der Waals surface area contributed by atoms with Gasteiger partial charge < -0.3 is 24.2 Å². The molecule has 0 aliphatic heterocycles. The maximum Gasteiger partial charge on any atom is 0.472 e. The molecule has 3 atom stereocenters. The predicted molar refractivity (Wildman–Crippen MR) is 307 cm³/mol. The zero-order valence-corrected chi connectivity index (χ0v) is 48.7. The van der Waals surface area contributed by atoms with Gasteiger partial charge in [-0.1, -0.05) is 236 Å². The van der Waals surface area contributed by atoms with Crippen LogP contribution in [0.3, 0.4) is 0 Å². The van der Waals surface area contributed by atoms with Gasteiger partial charge in [0.25, 0.3) is 0 Å². The quantitative estimate of drug-likeness (QED) is 0.0197. The van der Waals surface area contributed by atoms with E-state index in [0.29, 0.717) is 19.3 Å². The fraction of sp³-hybridized carbons (Fsp3) is 0.823. The van der Waals surface area contributed by atoms with Gasteiger partial charge in [-0.25, -0.2) is 4.57 Å². The lowest BCUT2D eigenvalue weighted by Gasteiger charge is -2.21. The minimum absolute atomic E-state index is 0.155. The Bertz CT molecular complexity index is 1430. The number of esters is 3. The highest BCUT2D eigenvalue weighted by molar-refractivity contribution is 7.47. The summed E-state index contributed by atoms with van der Waals surface area (Å²) in [5.74, 6) is -1.47. The number of carbonyl (C=O) groups excluding carboxylic acids is 3. The minimum Gasteiger partial charge on any atom is -0.462 e. The summed E-state index contributed by atoms with van der Waals surface area (Å²) in [6.45, 7) is 4.61. The molecule has 0 radical (unpaired) electrons. The summed E-state index contributed by atoms with van der Waals surface area (Å²) in [5, 5.41) is 9.78. The fourth-order valence-electron chi connectivity index (χ4n) is 8.54. The molecule has 0 aromatic heterocycles. The van der Waals surface area contributed by atoms with Gasteiger partial charge in [-0.05, 0) is 83.5 Å². The predicted octanol–water partition coefficient (Wildman–Crippen LogP) is 18.1. The summed E-state index contributed by atoms with van der Waals surface area (Å²) in [4.78, 5) is 48.5. The van der Waals surface area contributed by atoms with Crippen LogP contribution in [-0.4, -0.2) is 66.5 Å². The Morgan fingerprint density at radius 2 is 0.662 bits per heavy atom. The third-order valence-electron chi connectivity index (χ3n) is 13.2. The van der Waals surface area contributed by atoms with E-state index in [9.17, 15) is 28.9 Å². The molecule has 0 amide bonds. The van der Waals surface area contributed by atoms with Gasteiger partial charge in [-0.3, -0.25) is 23.4 Å². The maximum atomic E-state index is 12.9. The van der Waals surface area contributed by atoms with Crippen molar-refractivity contribution in [2.24, 2.45) is 0 Å². The molecule has 3 unspecified atom stereocenters. The van der Waals surface area contributed by atoms with Gasteiger partial charge in [0.15, 0.2) is 6.10 Å². The zero-order chi connectivity index (χ0) is 54.1. The Hall–Kier alpha value is -2.56. The van der Waals surface area contributed by atoms with Crippen molar-refractivity contribution < 1.29 is 52.2 Å². The van der Waals surface area contributed by atoms with E-state index in [1.165, 1.54) is 141 Å². The largest absolute Gasteiger partial charge is 0.472 e. The normalized spacial score (nSPS) is 13.6. The lowest BCUT2D eigenvalue weighted by molar-refractivity contribution is -0.161. The van der Waals surface area contributed by atoms with E-state index in [1.807, 2.05) is 0 Å². The first kappa shape index (κ1) is 71.4. The summed E-state index contributed by atoms with van der Waals surface area (Å²) in [7, 11) is -4.75. The van der Waals surface area contributed by atoms with Crippen molar-refractivity contribution in [3.63, 3.8) is 0 Å². The second kappa shape index (κ2) is 56.6. The molecule has 0 aliphatic rings. The molecule has 11 nitrogen and oxygen atoms in total. The summed E-state index contributed by atoms with van der Waals surface area (Å²) < 4.78 is 39.5. The molecule has 432 valence electrons. The van der Waals surface area contributed by atoms with Gasteiger partial charge in [0.1, 0.15) is 12.7 Å². The molecule has 0 bridgehead atoms. The first-order valence-electron chi connectivity index (χ1n) is 30.5. The van der Waals surface area contributed by atoms with Gasteiger partial charge in [0.05, 0.1) is 19.8 Å². The summed E-state index contributed by atoms with van der Waals surface area (Å²) in [6.07, 6.45) is 60.7. The summed E-state index contributed by atoms with van der Waals surface area (Å²) in [6, 6.07) is 0. The number of ether oxygens (including phenoxy) is 3. The number of hydrogen-bond donors (Lipinski definition) is 2. The highest BCUT2D eigenvalue weighted by Gasteiger charge is 2.28. The first-order chi connectivity index (χ1) is 36.2. The van der Waals surface area contributed by atoms with Crippen molar-refractivity contribution in [1.29, 1.82) is 0 Å². The number of aliphatic hydroxyl groups is 1. The maximum absolute atomic E-state index is 12.9. The molecular formula is C62H113O11P. The number of rotatable bonds is 57. The number of phosphoric acid groups is 1. The van der Waals surface area contributed by atoms with Crippen LogP contribution in [0.4, 0.5) is 0 Å². The molecule has 0 aromatic rings. The Kier molecular flexibility index (Phi) is 54.7. The van der Waals surface area contributed by atoms with Gasteiger partial charge >= 0.3 is 25.7 Å². The second-order valence-electron chi connectivity index (χ2n) is 20.5. The molecule has 0 rings (SSSR count). The van der Waals surface area contributed by atoms with Crippen molar-refractivity contribution in [2.75, 3.05) is 26.4 Å². The van der Waals surface area contributed by atoms with Crippen molar-refractivity contribution in [3.05, 3.63) is 48.6 Å². The highest BCUT2D eigenvalue weighted by Crippen LogP contribution is 2.43. The van der Waals surface area contributed by atoms with Gasteiger partial charge in [0.2, 0.25) is 0 Å². The van der Waals surface area contributed by atoms with Crippen LogP contribution in [0, 0.1) is 0 Å². The molecule has 0 aliphatic carbocycles. The smallest absolute Gasteiger partial charge is 0.462 e. The monoisotopic (exact) mass is 1060 g/mol. The molecule has 0 aromatic carbocycles. The average Bonchev–Trinajstić information content (AvgIpc) is 3.39. The zero-order valence-electron chi connectivity index (χ0n) is 47.8. The van der Waals surface area contributed by atoms with E-state index in [0.717, 1.165) is 89.9 Å². The van der Waals surface area contributed by atoms with E-state index in [-0.39, 0.29) is 25.9 Å². The molecule has 0 heterocycles. The van der Waals surface area contributed by atoms with Crippen LogP contribution in [0.5, 0.6) is 0 Å². The summed E-state index contributed by atoms with van der Waals surface area (Å²) in [5.41, 5.74) is 0. The van der Waals surface area contributed by atoms with Crippen molar-refractivity contribution in [3.8, 4) is 0 Å². The molecule has 0 saturated carbocycles. The van der Waals surface area contributed by atoms with E-state index in [1.54, 1.807) is 0 Å². The molecule has 12 heteroatoms. The Labute approximate surface area is 453 Å². The molecule has 74 heavy (non-hydrogen) atoms. The highest BCUT2D eigenvalue weighted by atomic mass is 31.2.